The monoisotopic (exact) mass is 535 g/mol. The molecule has 1 unspecified atom stereocenters. The van der Waals surface area contributed by atoms with Crippen LogP contribution in [0.25, 0.3) is 23.0 Å². The van der Waals surface area contributed by atoms with Crippen LogP contribution in [0.4, 0.5) is 4.79 Å². The minimum absolute atomic E-state index is 0.00777. The van der Waals surface area contributed by atoms with Crippen LogP contribution in [0.1, 0.15) is 61.6 Å². The normalized spacial score (nSPS) is 14.8. The van der Waals surface area contributed by atoms with Crippen LogP contribution in [0.15, 0.2) is 34.5 Å². The maximum absolute atomic E-state index is 13.6. The molecule has 38 heavy (non-hydrogen) atoms. The average Bonchev–Trinajstić information content (AvgIpc) is 3.63. The van der Waals surface area contributed by atoms with Crippen molar-refractivity contribution in [2.45, 2.75) is 46.6 Å². The third kappa shape index (κ3) is 5.20. The number of ketones is 1. The number of carbonyl (C=O) groups excluding carboxylic acids is 2. The number of Topliss-reactive ketones (excluding diaryl/α,β-unsaturated/α-hetero) is 1. The van der Waals surface area contributed by atoms with Gasteiger partial charge in [-0.1, -0.05) is 18.6 Å². The Morgan fingerprint density at radius 1 is 1.29 bits per heavy atom. The first kappa shape index (κ1) is 26.0. The van der Waals surface area contributed by atoms with Crippen LogP contribution in [0, 0.1) is 5.92 Å². The number of aromatic nitrogens is 2. The quantitative estimate of drug-likeness (QED) is 0.281. The standard InChI is InChI=1S/C29H33N3O5S/c1-18(2)12-20-14-22-26(15-25(20)35-4)37-16-23-27(30-32(28(22)23)21-7-11-38-17-21)24(33)13-19(3)6-5-8-31-9-10-36-29(31)34/h7,11-12,14-15,17,19H,5-6,8-10,13,16H2,1-4H3. The largest absolute Gasteiger partial charge is 0.496 e. The lowest BCUT2D eigenvalue weighted by Gasteiger charge is -2.21. The van der Waals surface area contributed by atoms with Crippen molar-refractivity contribution in [3.63, 3.8) is 0 Å². The molecular weight excluding hydrogens is 502 g/mol. The second kappa shape index (κ2) is 11.0. The zero-order valence-corrected chi connectivity index (χ0v) is 23.1. The lowest BCUT2D eigenvalue weighted by Crippen LogP contribution is -2.25. The Kier molecular flexibility index (Phi) is 7.56. The van der Waals surface area contributed by atoms with Crippen molar-refractivity contribution in [2.24, 2.45) is 5.92 Å². The summed E-state index contributed by atoms with van der Waals surface area (Å²) >= 11 is 1.59. The van der Waals surface area contributed by atoms with Gasteiger partial charge in [-0.15, -0.1) is 0 Å². The lowest BCUT2D eigenvalue weighted by molar-refractivity contribution is 0.0953. The van der Waals surface area contributed by atoms with Gasteiger partial charge in [0.25, 0.3) is 0 Å². The van der Waals surface area contributed by atoms with Crippen molar-refractivity contribution in [1.29, 1.82) is 0 Å². The molecule has 0 radical (unpaired) electrons. The molecule has 200 valence electrons. The molecule has 5 rings (SSSR count). The van der Waals surface area contributed by atoms with Gasteiger partial charge < -0.3 is 19.1 Å². The van der Waals surface area contributed by atoms with E-state index in [2.05, 4.69) is 19.1 Å². The van der Waals surface area contributed by atoms with E-state index < -0.39 is 0 Å². The summed E-state index contributed by atoms with van der Waals surface area (Å²) in [7, 11) is 1.66. The van der Waals surface area contributed by atoms with Crippen molar-refractivity contribution in [3.8, 4) is 28.4 Å². The third-order valence-corrected chi connectivity index (χ3v) is 7.58. The summed E-state index contributed by atoms with van der Waals surface area (Å²) in [5.41, 5.74) is 6.08. The van der Waals surface area contributed by atoms with E-state index in [9.17, 15) is 9.59 Å². The summed E-state index contributed by atoms with van der Waals surface area (Å²) < 4.78 is 18.7. The minimum Gasteiger partial charge on any atom is -0.496 e. The maximum Gasteiger partial charge on any atom is 0.409 e. The van der Waals surface area contributed by atoms with E-state index in [1.54, 1.807) is 23.3 Å². The van der Waals surface area contributed by atoms with Crippen molar-refractivity contribution >= 4 is 29.3 Å². The number of ether oxygens (including phenoxy) is 3. The zero-order chi connectivity index (χ0) is 26.8. The number of thiophene rings is 1. The average molecular weight is 536 g/mol. The third-order valence-electron chi connectivity index (χ3n) is 6.91. The highest BCUT2D eigenvalue weighted by atomic mass is 32.1. The van der Waals surface area contributed by atoms with Gasteiger partial charge in [0.2, 0.25) is 0 Å². The highest BCUT2D eigenvalue weighted by Gasteiger charge is 2.31. The fraction of sp³-hybridized carbons (Fsp3) is 0.414. The Bertz CT molecular complexity index is 1370. The predicted octanol–water partition coefficient (Wildman–Crippen LogP) is 6.37. The van der Waals surface area contributed by atoms with Gasteiger partial charge in [0.1, 0.15) is 30.4 Å². The van der Waals surface area contributed by atoms with Gasteiger partial charge in [0.05, 0.1) is 25.0 Å². The number of allylic oxidation sites excluding steroid dienone is 1. The van der Waals surface area contributed by atoms with E-state index in [1.807, 2.05) is 41.4 Å². The molecule has 9 heteroatoms. The molecule has 1 aromatic carbocycles. The molecule has 8 nitrogen and oxygen atoms in total. The van der Waals surface area contributed by atoms with Gasteiger partial charge in [-0.3, -0.25) is 4.79 Å². The van der Waals surface area contributed by atoms with E-state index in [1.165, 1.54) is 0 Å². The first-order chi connectivity index (χ1) is 18.4. The first-order valence-electron chi connectivity index (χ1n) is 12.9. The molecule has 0 bridgehead atoms. The second-order valence-corrected chi connectivity index (χ2v) is 10.9. The Morgan fingerprint density at radius 2 is 2.13 bits per heavy atom. The summed E-state index contributed by atoms with van der Waals surface area (Å²) in [4.78, 5) is 27.0. The molecule has 1 saturated heterocycles. The number of fused-ring (bicyclic) bond motifs is 3. The molecule has 1 fully saturated rings. The molecule has 1 amide bonds. The summed E-state index contributed by atoms with van der Waals surface area (Å²) in [6.07, 6.45) is 3.89. The summed E-state index contributed by atoms with van der Waals surface area (Å²) in [5, 5.41) is 8.89. The molecule has 0 spiro atoms. The zero-order valence-electron chi connectivity index (χ0n) is 22.3. The Labute approximate surface area is 226 Å². The molecule has 2 aliphatic rings. The molecule has 1 atom stereocenters. The van der Waals surface area contributed by atoms with E-state index in [-0.39, 0.29) is 24.4 Å². The molecule has 3 aromatic rings. The topological polar surface area (TPSA) is 82.9 Å². The summed E-state index contributed by atoms with van der Waals surface area (Å²) in [6.45, 7) is 8.19. The van der Waals surface area contributed by atoms with Crippen molar-refractivity contribution in [2.75, 3.05) is 26.8 Å². The summed E-state index contributed by atoms with van der Waals surface area (Å²) in [5.74, 6) is 1.62. The SMILES string of the molecule is COc1cc2c(cc1C=C(C)C)-c1c(c(C(=O)CC(C)CCCN3CCOC3=O)nn1-c1ccsc1)CO2. The van der Waals surface area contributed by atoms with Crippen molar-refractivity contribution < 1.29 is 23.8 Å². The number of nitrogens with zero attached hydrogens (tertiary/aromatic N) is 3. The van der Waals surface area contributed by atoms with Crippen LogP contribution in [0.2, 0.25) is 0 Å². The molecule has 4 heterocycles. The number of carbonyl (C=O) groups is 2. The number of hydrogen-bond acceptors (Lipinski definition) is 7. The van der Waals surface area contributed by atoms with Crippen molar-refractivity contribution in [3.05, 3.63) is 51.4 Å². The van der Waals surface area contributed by atoms with Gasteiger partial charge >= 0.3 is 6.09 Å². The van der Waals surface area contributed by atoms with Gasteiger partial charge in [0.15, 0.2) is 5.78 Å². The van der Waals surface area contributed by atoms with E-state index in [0.29, 0.717) is 37.6 Å². The lowest BCUT2D eigenvalue weighted by atomic mass is 9.94. The van der Waals surface area contributed by atoms with Gasteiger partial charge in [-0.25, -0.2) is 9.48 Å². The van der Waals surface area contributed by atoms with Gasteiger partial charge in [-0.05, 0) is 50.1 Å². The second-order valence-electron chi connectivity index (χ2n) is 10.1. The predicted molar refractivity (Wildman–Crippen MR) is 147 cm³/mol. The number of methoxy groups -OCH3 is 1. The van der Waals surface area contributed by atoms with Crippen LogP contribution < -0.4 is 9.47 Å². The molecule has 2 aromatic heterocycles. The Balaban J connectivity index is 1.44. The van der Waals surface area contributed by atoms with Crippen LogP contribution in [-0.4, -0.2) is 53.4 Å². The number of cyclic esters (lactones) is 1. The first-order valence-corrected chi connectivity index (χ1v) is 13.9. The fourth-order valence-corrected chi connectivity index (χ4v) is 5.67. The Hall–Kier alpha value is -3.59. The van der Waals surface area contributed by atoms with Crippen molar-refractivity contribution in [1.82, 2.24) is 14.7 Å². The van der Waals surface area contributed by atoms with Crippen LogP contribution in [0.3, 0.4) is 0 Å². The van der Waals surface area contributed by atoms with Crippen LogP contribution >= 0.6 is 11.3 Å². The molecule has 0 N–H and O–H groups in total. The van der Waals surface area contributed by atoms with E-state index in [4.69, 9.17) is 19.3 Å². The molecular formula is C29H33N3O5S. The van der Waals surface area contributed by atoms with E-state index >= 15 is 0 Å². The smallest absolute Gasteiger partial charge is 0.409 e. The maximum atomic E-state index is 13.6. The van der Waals surface area contributed by atoms with Gasteiger partial charge in [-0.2, -0.15) is 16.4 Å². The highest BCUT2D eigenvalue weighted by molar-refractivity contribution is 7.08. The fourth-order valence-electron chi connectivity index (χ4n) is 5.06. The number of rotatable bonds is 10. The number of hydrogen-bond donors (Lipinski definition) is 0. The molecule has 2 aliphatic heterocycles. The molecule has 0 saturated carbocycles. The molecule has 0 aliphatic carbocycles. The summed E-state index contributed by atoms with van der Waals surface area (Å²) in [6, 6.07) is 5.98. The number of amides is 1. The van der Waals surface area contributed by atoms with Gasteiger partial charge in [0, 0.05) is 41.1 Å². The van der Waals surface area contributed by atoms with E-state index in [0.717, 1.165) is 52.2 Å². The Morgan fingerprint density at radius 3 is 2.82 bits per heavy atom. The number of benzene rings is 1. The minimum atomic E-state index is -0.245. The van der Waals surface area contributed by atoms with Crippen LogP contribution in [-0.2, 0) is 11.3 Å². The van der Waals surface area contributed by atoms with Crippen LogP contribution in [0.5, 0.6) is 11.5 Å². The highest BCUT2D eigenvalue weighted by Crippen LogP contribution is 2.44.